The minimum atomic E-state index is 0.974. The van der Waals surface area contributed by atoms with E-state index in [0.717, 1.165) is 30.5 Å². The third kappa shape index (κ3) is 5.79. The van der Waals surface area contributed by atoms with E-state index in [9.17, 15) is 0 Å². The van der Waals surface area contributed by atoms with E-state index >= 15 is 0 Å². The van der Waals surface area contributed by atoms with Crippen LogP contribution in [-0.4, -0.2) is 6.21 Å². The molecule has 3 rings (SSSR count). The highest BCUT2D eigenvalue weighted by Crippen LogP contribution is 2.23. The van der Waals surface area contributed by atoms with Crippen LogP contribution in [0, 0.1) is 0 Å². The molecule has 142 valence electrons. The molecule has 0 aliphatic heterocycles. The standard InChI is InChI=1S/C27H29N/c1-3-5-6-7-8-23-9-11-24(12-10-23)21-28-27-19-17-26(18-20-27)25-15-13-22(4-2)14-16-25/h3,9-21H,1,4-8H2,2H3. The van der Waals surface area contributed by atoms with E-state index in [0.29, 0.717) is 0 Å². The summed E-state index contributed by atoms with van der Waals surface area (Å²) < 4.78 is 0. The summed E-state index contributed by atoms with van der Waals surface area (Å²) in [6.07, 6.45) is 9.67. The van der Waals surface area contributed by atoms with E-state index in [2.05, 4.69) is 91.3 Å². The highest BCUT2D eigenvalue weighted by atomic mass is 14.7. The van der Waals surface area contributed by atoms with Crippen LogP contribution in [0.5, 0.6) is 0 Å². The van der Waals surface area contributed by atoms with Crippen molar-refractivity contribution in [3.8, 4) is 11.1 Å². The number of aryl methyl sites for hydroxylation is 2. The number of hydrogen-bond acceptors (Lipinski definition) is 1. The third-order valence-electron chi connectivity index (χ3n) is 5.03. The van der Waals surface area contributed by atoms with Crippen molar-refractivity contribution >= 4 is 11.9 Å². The zero-order chi connectivity index (χ0) is 19.6. The van der Waals surface area contributed by atoms with Crippen LogP contribution in [-0.2, 0) is 12.8 Å². The molecule has 0 aliphatic carbocycles. The van der Waals surface area contributed by atoms with Crippen molar-refractivity contribution in [2.75, 3.05) is 0 Å². The number of allylic oxidation sites excluding steroid dienone is 1. The smallest absolute Gasteiger partial charge is 0.0630 e. The SMILES string of the molecule is C=CCCCCc1ccc(C=Nc2ccc(-c3ccc(CC)cc3)cc2)cc1. The summed E-state index contributed by atoms with van der Waals surface area (Å²) in [4.78, 5) is 4.62. The highest BCUT2D eigenvalue weighted by molar-refractivity contribution is 5.82. The Bertz CT molecular complexity index is 885. The first-order valence-corrected chi connectivity index (χ1v) is 10.2. The van der Waals surface area contributed by atoms with Gasteiger partial charge in [0, 0.05) is 6.21 Å². The molecule has 0 fully saturated rings. The zero-order valence-electron chi connectivity index (χ0n) is 16.8. The third-order valence-corrected chi connectivity index (χ3v) is 5.03. The van der Waals surface area contributed by atoms with E-state index in [1.807, 2.05) is 12.3 Å². The molecule has 0 N–H and O–H groups in total. The molecule has 0 unspecified atom stereocenters. The van der Waals surface area contributed by atoms with E-state index in [1.54, 1.807) is 0 Å². The molecule has 0 amide bonds. The lowest BCUT2D eigenvalue weighted by atomic mass is 10.0. The predicted octanol–water partition coefficient (Wildman–Crippen LogP) is 7.57. The molecular formula is C27H29N. The van der Waals surface area contributed by atoms with Gasteiger partial charge in [-0.2, -0.15) is 0 Å². The summed E-state index contributed by atoms with van der Waals surface area (Å²) in [7, 11) is 0. The second-order valence-electron chi connectivity index (χ2n) is 7.13. The van der Waals surface area contributed by atoms with Crippen LogP contribution >= 0.6 is 0 Å². The maximum absolute atomic E-state index is 4.62. The molecule has 0 bridgehead atoms. The Hall–Kier alpha value is -2.93. The van der Waals surface area contributed by atoms with Gasteiger partial charge in [0.15, 0.2) is 0 Å². The lowest BCUT2D eigenvalue weighted by Gasteiger charge is -2.04. The van der Waals surface area contributed by atoms with Crippen molar-refractivity contribution in [3.63, 3.8) is 0 Å². The Morgan fingerprint density at radius 3 is 1.96 bits per heavy atom. The lowest BCUT2D eigenvalue weighted by molar-refractivity contribution is 0.748. The van der Waals surface area contributed by atoms with Crippen LogP contribution in [0.2, 0.25) is 0 Å². The summed E-state index contributed by atoms with van der Waals surface area (Å²) in [5.74, 6) is 0. The molecule has 0 saturated heterocycles. The van der Waals surface area contributed by atoms with Crippen LogP contribution in [0.15, 0.2) is 90.4 Å². The van der Waals surface area contributed by atoms with Gasteiger partial charge in [0.2, 0.25) is 0 Å². The van der Waals surface area contributed by atoms with Gasteiger partial charge < -0.3 is 0 Å². The quantitative estimate of drug-likeness (QED) is 0.210. The first-order chi connectivity index (χ1) is 13.8. The number of benzene rings is 3. The molecule has 0 radical (unpaired) electrons. The lowest BCUT2D eigenvalue weighted by Crippen LogP contribution is -1.87. The van der Waals surface area contributed by atoms with Gasteiger partial charge in [-0.25, -0.2) is 0 Å². The first kappa shape index (κ1) is 19.8. The molecule has 0 atom stereocenters. The van der Waals surface area contributed by atoms with Gasteiger partial charge in [0.1, 0.15) is 0 Å². The number of nitrogens with zero attached hydrogens (tertiary/aromatic N) is 1. The maximum Gasteiger partial charge on any atom is 0.0630 e. The molecule has 1 heteroatoms. The van der Waals surface area contributed by atoms with Crippen molar-refractivity contribution in [1.82, 2.24) is 0 Å². The molecule has 0 spiro atoms. The second kappa shape index (κ2) is 10.4. The van der Waals surface area contributed by atoms with E-state index in [1.165, 1.54) is 35.1 Å². The molecule has 0 aromatic heterocycles. The van der Waals surface area contributed by atoms with Gasteiger partial charge in [-0.3, -0.25) is 4.99 Å². The van der Waals surface area contributed by atoms with Gasteiger partial charge >= 0.3 is 0 Å². The molecule has 0 aliphatic rings. The van der Waals surface area contributed by atoms with Crippen molar-refractivity contribution in [1.29, 1.82) is 0 Å². The molecule has 28 heavy (non-hydrogen) atoms. The zero-order valence-corrected chi connectivity index (χ0v) is 16.8. The summed E-state index contributed by atoms with van der Waals surface area (Å²) in [6.45, 7) is 5.95. The van der Waals surface area contributed by atoms with Gasteiger partial charge in [-0.1, -0.05) is 73.7 Å². The van der Waals surface area contributed by atoms with Gasteiger partial charge in [-0.05, 0) is 72.1 Å². The Morgan fingerprint density at radius 2 is 1.36 bits per heavy atom. The van der Waals surface area contributed by atoms with Crippen molar-refractivity contribution < 1.29 is 0 Å². The summed E-state index contributed by atoms with van der Waals surface area (Å²) >= 11 is 0. The van der Waals surface area contributed by atoms with Crippen LogP contribution in [0.4, 0.5) is 5.69 Å². The van der Waals surface area contributed by atoms with E-state index < -0.39 is 0 Å². The fourth-order valence-electron chi connectivity index (χ4n) is 3.21. The maximum atomic E-state index is 4.62. The van der Waals surface area contributed by atoms with Crippen molar-refractivity contribution in [3.05, 3.63) is 102 Å². The Labute approximate surface area is 169 Å². The Morgan fingerprint density at radius 1 is 0.750 bits per heavy atom. The number of unbranched alkanes of at least 4 members (excludes halogenated alkanes) is 2. The van der Waals surface area contributed by atoms with Gasteiger partial charge in [-0.15, -0.1) is 6.58 Å². The topological polar surface area (TPSA) is 12.4 Å². The molecule has 0 saturated carbocycles. The van der Waals surface area contributed by atoms with Crippen LogP contribution < -0.4 is 0 Å². The summed E-state index contributed by atoms with van der Waals surface area (Å²) in [6, 6.07) is 25.9. The molecule has 3 aromatic carbocycles. The molecule has 3 aromatic rings. The number of hydrogen-bond donors (Lipinski definition) is 0. The molecular weight excluding hydrogens is 338 g/mol. The van der Waals surface area contributed by atoms with Gasteiger partial charge in [0.05, 0.1) is 5.69 Å². The Balaban J connectivity index is 1.58. The number of aliphatic imine (C=N–C) groups is 1. The first-order valence-electron chi connectivity index (χ1n) is 10.2. The van der Waals surface area contributed by atoms with Crippen molar-refractivity contribution in [2.24, 2.45) is 4.99 Å². The normalized spacial score (nSPS) is 11.0. The monoisotopic (exact) mass is 367 g/mol. The van der Waals surface area contributed by atoms with Gasteiger partial charge in [0.25, 0.3) is 0 Å². The fraction of sp³-hybridized carbons (Fsp3) is 0.222. The molecule has 0 heterocycles. The predicted molar refractivity (Wildman–Crippen MR) is 123 cm³/mol. The average molecular weight is 368 g/mol. The summed E-state index contributed by atoms with van der Waals surface area (Å²) in [5.41, 5.74) is 7.34. The average Bonchev–Trinajstić information content (AvgIpc) is 2.76. The van der Waals surface area contributed by atoms with Crippen LogP contribution in [0.3, 0.4) is 0 Å². The fourth-order valence-corrected chi connectivity index (χ4v) is 3.21. The minimum Gasteiger partial charge on any atom is -0.256 e. The van der Waals surface area contributed by atoms with Crippen LogP contribution in [0.25, 0.3) is 11.1 Å². The second-order valence-corrected chi connectivity index (χ2v) is 7.13. The largest absolute Gasteiger partial charge is 0.256 e. The van der Waals surface area contributed by atoms with E-state index in [4.69, 9.17) is 0 Å². The van der Waals surface area contributed by atoms with Crippen LogP contribution in [0.1, 0.15) is 42.9 Å². The molecule has 1 nitrogen and oxygen atoms in total. The van der Waals surface area contributed by atoms with E-state index in [-0.39, 0.29) is 0 Å². The van der Waals surface area contributed by atoms with Crippen molar-refractivity contribution in [2.45, 2.75) is 39.0 Å². The minimum absolute atomic E-state index is 0.974. The Kier molecular flexibility index (Phi) is 7.37. The highest BCUT2D eigenvalue weighted by Gasteiger charge is 1.98. The summed E-state index contributed by atoms with van der Waals surface area (Å²) in [5, 5.41) is 0. The number of rotatable bonds is 9.